The fourth-order valence-electron chi connectivity index (χ4n) is 2.51. The highest BCUT2D eigenvalue weighted by atomic mass is 16.1. The van der Waals surface area contributed by atoms with Gasteiger partial charge in [0.25, 0.3) is 0 Å². The number of ketones is 1. The molecule has 1 heterocycles. The molecule has 0 spiro atoms. The fraction of sp³-hybridized carbons (Fsp3) is 0.150. The molecule has 0 aliphatic heterocycles. The topological polar surface area (TPSA) is 58.1 Å². The molecular weight excluding hydrogens is 312 g/mol. The number of hydrogen-bond donors (Lipinski definition) is 1. The van der Waals surface area contributed by atoms with Crippen LogP contribution in [-0.4, -0.2) is 22.8 Å². The van der Waals surface area contributed by atoms with Crippen molar-refractivity contribution in [1.82, 2.24) is 9.97 Å². The Hall–Kier alpha value is -3.21. The SMILES string of the molecule is CC(=O)c1ccc(Nc2cc(N(C)c3ccccc3)nc(C)n2)cc1. The number of rotatable bonds is 5. The molecule has 0 amide bonds. The van der Waals surface area contributed by atoms with E-state index in [4.69, 9.17) is 0 Å². The van der Waals surface area contributed by atoms with E-state index in [1.165, 1.54) is 0 Å². The molecule has 0 saturated heterocycles. The Morgan fingerprint density at radius 3 is 2.32 bits per heavy atom. The molecule has 0 radical (unpaired) electrons. The van der Waals surface area contributed by atoms with Crippen molar-refractivity contribution in [3.8, 4) is 0 Å². The number of para-hydroxylation sites is 1. The lowest BCUT2D eigenvalue weighted by atomic mass is 10.1. The number of Topliss-reactive ketones (excluding diaryl/α,β-unsaturated/α-hetero) is 1. The third-order valence-corrected chi connectivity index (χ3v) is 3.88. The normalized spacial score (nSPS) is 10.4. The van der Waals surface area contributed by atoms with Crippen molar-refractivity contribution >= 4 is 28.8 Å². The predicted molar refractivity (Wildman–Crippen MR) is 101 cm³/mol. The van der Waals surface area contributed by atoms with Gasteiger partial charge in [0.05, 0.1) is 0 Å². The van der Waals surface area contributed by atoms with Gasteiger partial charge in [-0.25, -0.2) is 9.97 Å². The van der Waals surface area contributed by atoms with Gasteiger partial charge in [-0.1, -0.05) is 18.2 Å². The summed E-state index contributed by atoms with van der Waals surface area (Å²) < 4.78 is 0. The van der Waals surface area contributed by atoms with Gasteiger partial charge in [0.15, 0.2) is 5.78 Å². The zero-order chi connectivity index (χ0) is 17.8. The maximum Gasteiger partial charge on any atom is 0.159 e. The van der Waals surface area contributed by atoms with Crippen LogP contribution < -0.4 is 10.2 Å². The van der Waals surface area contributed by atoms with Gasteiger partial charge in [0.1, 0.15) is 17.5 Å². The third kappa shape index (κ3) is 4.01. The molecule has 126 valence electrons. The maximum absolute atomic E-state index is 11.4. The minimum atomic E-state index is 0.0520. The predicted octanol–water partition coefficient (Wildman–Crippen LogP) is 4.50. The lowest BCUT2D eigenvalue weighted by Crippen LogP contribution is -2.12. The number of aromatic nitrogens is 2. The number of anilines is 4. The summed E-state index contributed by atoms with van der Waals surface area (Å²) in [5.74, 6) is 2.25. The molecule has 1 N–H and O–H groups in total. The lowest BCUT2D eigenvalue weighted by molar-refractivity contribution is 0.101. The van der Waals surface area contributed by atoms with E-state index in [1.54, 1.807) is 19.1 Å². The number of carbonyl (C=O) groups is 1. The maximum atomic E-state index is 11.4. The first-order chi connectivity index (χ1) is 12.0. The van der Waals surface area contributed by atoms with Crippen LogP contribution in [0.5, 0.6) is 0 Å². The largest absolute Gasteiger partial charge is 0.340 e. The van der Waals surface area contributed by atoms with E-state index >= 15 is 0 Å². The zero-order valence-corrected chi connectivity index (χ0v) is 14.5. The smallest absolute Gasteiger partial charge is 0.159 e. The number of aryl methyl sites for hydroxylation is 1. The van der Waals surface area contributed by atoms with E-state index in [-0.39, 0.29) is 5.78 Å². The summed E-state index contributed by atoms with van der Waals surface area (Å²) in [6.45, 7) is 3.42. The third-order valence-electron chi connectivity index (χ3n) is 3.88. The number of carbonyl (C=O) groups excluding carboxylic acids is 1. The Morgan fingerprint density at radius 1 is 1.00 bits per heavy atom. The summed E-state index contributed by atoms with van der Waals surface area (Å²) in [6.07, 6.45) is 0. The average Bonchev–Trinajstić information content (AvgIpc) is 2.62. The number of benzene rings is 2. The Balaban J connectivity index is 1.85. The molecule has 3 rings (SSSR count). The van der Waals surface area contributed by atoms with Crippen molar-refractivity contribution in [2.24, 2.45) is 0 Å². The van der Waals surface area contributed by atoms with E-state index < -0.39 is 0 Å². The van der Waals surface area contributed by atoms with Crippen molar-refractivity contribution in [2.75, 3.05) is 17.3 Å². The molecule has 0 unspecified atom stereocenters. The number of hydrogen-bond acceptors (Lipinski definition) is 5. The number of nitrogens with zero attached hydrogens (tertiary/aromatic N) is 3. The molecule has 25 heavy (non-hydrogen) atoms. The van der Waals surface area contributed by atoms with Crippen LogP contribution in [0.3, 0.4) is 0 Å². The van der Waals surface area contributed by atoms with Crippen molar-refractivity contribution in [3.05, 3.63) is 72.1 Å². The van der Waals surface area contributed by atoms with Gasteiger partial charge in [-0.2, -0.15) is 0 Å². The summed E-state index contributed by atoms with van der Waals surface area (Å²) in [7, 11) is 1.97. The second-order valence-electron chi connectivity index (χ2n) is 5.81. The van der Waals surface area contributed by atoms with Gasteiger partial charge in [-0.05, 0) is 50.2 Å². The molecule has 0 bridgehead atoms. The Kier molecular flexibility index (Phi) is 4.75. The molecule has 0 saturated carbocycles. The van der Waals surface area contributed by atoms with Crippen LogP contribution >= 0.6 is 0 Å². The first kappa shape index (κ1) is 16.6. The Bertz CT molecular complexity index is 876. The standard InChI is InChI=1S/C20H20N4O/c1-14(25)16-9-11-17(12-10-16)23-19-13-20(22-15(2)21-19)24(3)18-7-5-4-6-8-18/h4-13H,1-3H3,(H,21,22,23). The highest BCUT2D eigenvalue weighted by molar-refractivity contribution is 5.94. The molecule has 1 aromatic heterocycles. The lowest BCUT2D eigenvalue weighted by Gasteiger charge is -2.19. The minimum absolute atomic E-state index is 0.0520. The van der Waals surface area contributed by atoms with Crippen molar-refractivity contribution in [3.63, 3.8) is 0 Å². The quantitative estimate of drug-likeness (QED) is 0.697. The van der Waals surface area contributed by atoms with E-state index in [9.17, 15) is 4.79 Å². The van der Waals surface area contributed by atoms with E-state index in [1.807, 2.05) is 67.4 Å². The zero-order valence-electron chi connectivity index (χ0n) is 14.5. The van der Waals surface area contributed by atoms with Gasteiger partial charge in [-0.3, -0.25) is 4.79 Å². The highest BCUT2D eigenvalue weighted by Gasteiger charge is 2.09. The van der Waals surface area contributed by atoms with Crippen LogP contribution in [0.15, 0.2) is 60.7 Å². The van der Waals surface area contributed by atoms with Crippen molar-refractivity contribution in [2.45, 2.75) is 13.8 Å². The molecule has 3 aromatic rings. The van der Waals surface area contributed by atoms with E-state index in [0.29, 0.717) is 17.2 Å². The average molecular weight is 332 g/mol. The fourth-order valence-corrected chi connectivity index (χ4v) is 2.51. The second kappa shape index (κ2) is 7.13. The molecule has 0 aliphatic carbocycles. The van der Waals surface area contributed by atoms with Crippen molar-refractivity contribution < 1.29 is 4.79 Å². The van der Waals surface area contributed by atoms with E-state index in [0.717, 1.165) is 17.2 Å². The second-order valence-corrected chi connectivity index (χ2v) is 5.81. The van der Waals surface area contributed by atoms with Crippen LogP contribution in [0.1, 0.15) is 23.1 Å². The molecule has 2 aromatic carbocycles. The molecular formula is C20H20N4O. The first-order valence-corrected chi connectivity index (χ1v) is 8.05. The van der Waals surface area contributed by atoms with Crippen LogP contribution in [0.4, 0.5) is 23.0 Å². The van der Waals surface area contributed by atoms with Gasteiger partial charge >= 0.3 is 0 Å². The van der Waals surface area contributed by atoms with Gasteiger partial charge < -0.3 is 10.2 Å². The van der Waals surface area contributed by atoms with Crippen LogP contribution in [0.2, 0.25) is 0 Å². The van der Waals surface area contributed by atoms with Gasteiger partial charge in [0.2, 0.25) is 0 Å². The first-order valence-electron chi connectivity index (χ1n) is 8.05. The van der Waals surface area contributed by atoms with Gasteiger partial charge in [0, 0.05) is 30.1 Å². The summed E-state index contributed by atoms with van der Waals surface area (Å²) in [5.41, 5.74) is 2.61. The van der Waals surface area contributed by atoms with E-state index in [2.05, 4.69) is 15.3 Å². The molecule has 0 atom stereocenters. The minimum Gasteiger partial charge on any atom is -0.340 e. The Morgan fingerprint density at radius 2 is 1.68 bits per heavy atom. The summed E-state index contributed by atoms with van der Waals surface area (Å²) >= 11 is 0. The molecule has 5 heteroatoms. The van der Waals surface area contributed by atoms with Crippen molar-refractivity contribution in [1.29, 1.82) is 0 Å². The highest BCUT2D eigenvalue weighted by Crippen LogP contribution is 2.24. The Labute approximate surface area is 147 Å². The van der Waals surface area contributed by atoms with Gasteiger partial charge in [-0.15, -0.1) is 0 Å². The number of nitrogens with one attached hydrogen (secondary N) is 1. The summed E-state index contributed by atoms with van der Waals surface area (Å²) in [4.78, 5) is 22.3. The molecule has 5 nitrogen and oxygen atoms in total. The molecule has 0 aliphatic rings. The summed E-state index contributed by atoms with van der Waals surface area (Å²) in [6, 6.07) is 19.3. The van der Waals surface area contributed by atoms with Crippen LogP contribution in [0, 0.1) is 6.92 Å². The summed E-state index contributed by atoms with van der Waals surface area (Å²) in [5, 5.41) is 3.27. The molecule has 0 fully saturated rings. The van der Waals surface area contributed by atoms with Crippen LogP contribution in [0.25, 0.3) is 0 Å². The monoisotopic (exact) mass is 332 g/mol. The van der Waals surface area contributed by atoms with Crippen LogP contribution in [-0.2, 0) is 0 Å².